The van der Waals surface area contributed by atoms with Gasteiger partial charge in [-0.1, -0.05) is 32.5 Å². The van der Waals surface area contributed by atoms with E-state index in [9.17, 15) is 19.5 Å². The number of carbonyl (C=O) groups excluding carboxylic acids is 3. The van der Waals surface area contributed by atoms with Crippen LogP contribution in [0.2, 0.25) is 18.1 Å². The van der Waals surface area contributed by atoms with Gasteiger partial charge in [0.25, 0.3) is 0 Å². The molecular formula is C18H29NO6SSi. The molecule has 0 radical (unpaired) electrons. The van der Waals surface area contributed by atoms with E-state index in [1.165, 1.54) is 23.6 Å². The number of hydrogen-bond donors (Lipinski definition) is 1. The van der Waals surface area contributed by atoms with Gasteiger partial charge < -0.3 is 14.3 Å². The van der Waals surface area contributed by atoms with Gasteiger partial charge in [-0.3, -0.25) is 14.5 Å². The monoisotopic (exact) mass is 415 g/mol. The number of ketones is 1. The van der Waals surface area contributed by atoms with Gasteiger partial charge in [0.1, 0.15) is 17.7 Å². The summed E-state index contributed by atoms with van der Waals surface area (Å²) in [6.45, 7) is 13.2. The van der Waals surface area contributed by atoms with Crippen molar-refractivity contribution in [3.05, 3.63) is 10.6 Å². The molecule has 2 aliphatic rings. The lowest BCUT2D eigenvalue weighted by atomic mass is 9.92. The summed E-state index contributed by atoms with van der Waals surface area (Å²) in [4.78, 5) is 37.9. The molecule has 2 rings (SSSR count). The van der Waals surface area contributed by atoms with Crippen LogP contribution in [0.5, 0.6) is 0 Å². The Balaban J connectivity index is 2.14. The lowest BCUT2D eigenvalue weighted by molar-refractivity contribution is -0.158. The minimum atomic E-state index is -2.05. The molecule has 2 heterocycles. The fourth-order valence-corrected chi connectivity index (χ4v) is 5.78. The number of hydrogen-bond acceptors (Lipinski definition) is 7. The molecule has 1 N–H and O–H groups in total. The van der Waals surface area contributed by atoms with Crippen molar-refractivity contribution in [2.45, 2.75) is 64.2 Å². The fraction of sp³-hybridized carbons (Fsp3) is 0.722. The molecule has 0 aromatic carbocycles. The molecule has 0 aromatic rings. The molecule has 7 nitrogen and oxygen atoms in total. The SMILES string of the molecule is CC(=O)COC(=O)C1=C(CO)S[C@@H]2[C@@H]([C@@H](C)O[Si](C)(C)C(C)(C)C)C(=O)N12. The largest absolute Gasteiger partial charge is 0.453 e. The molecule has 3 atom stereocenters. The maximum atomic E-state index is 12.8. The van der Waals surface area contributed by atoms with Crippen LogP contribution in [0.25, 0.3) is 0 Å². The van der Waals surface area contributed by atoms with Gasteiger partial charge in [-0.25, -0.2) is 4.79 Å². The molecule has 1 amide bonds. The number of rotatable bonds is 7. The third-order valence-corrected chi connectivity index (χ3v) is 11.3. The highest BCUT2D eigenvalue weighted by Gasteiger charge is 2.59. The maximum absolute atomic E-state index is 12.8. The number of nitrogens with zero attached hydrogens (tertiary/aromatic N) is 1. The summed E-state index contributed by atoms with van der Waals surface area (Å²) >= 11 is 1.29. The molecule has 1 fully saturated rings. The van der Waals surface area contributed by atoms with Gasteiger partial charge in [0.2, 0.25) is 5.91 Å². The lowest BCUT2D eigenvalue weighted by Crippen LogP contribution is -2.62. The highest BCUT2D eigenvalue weighted by Crippen LogP contribution is 2.51. The van der Waals surface area contributed by atoms with Crippen LogP contribution in [0.15, 0.2) is 10.6 Å². The minimum Gasteiger partial charge on any atom is -0.453 e. The third kappa shape index (κ3) is 4.15. The highest BCUT2D eigenvalue weighted by molar-refractivity contribution is 8.04. The van der Waals surface area contributed by atoms with E-state index in [1.54, 1.807) is 0 Å². The van der Waals surface area contributed by atoms with Crippen molar-refractivity contribution in [1.29, 1.82) is 0 Å². The van der Waals surface area contributed by atoms with Crippen molar-refractivity contribution in [3.63, 3.8) is 0 Å². The number of aliphatic hydroxyl groups excluding tert-OH is 1. The van der Waals surface area contributed by atoms with E-state index in [2.05, 4.69) is 33.9 Å². The summed E-state index contributed by atoms with van der Waals surface area (Å²) in [6, 6.07) is 0. The first-order valence-corrected chi connectivity index (χ1v) is 12.8. The van der Waals surface area contributed by atoms with Crippen molar-refractivity contribution in [2.75, 3.05) is 13.2 Å². The summed E-state index contributed by atoms with van der Waals surface area (Å²) in [5.74, 6) is -1.64. The van der Waals surface area contributed by atoms with E-state index >= 15 is 0 Å². The van der Waals surface area contributed by atoms with Gasteiger partial charge in [-0.05, 0) is 32.0 Å². The van der Waals surface area contributed by atoms with Crippen LogP contribution in [0, 0.1) is 5.92 Å². The van der Waals surface area contributed by atoms with Crippen LogP contribution in [-0.4, -0.2) is 60.7 Å². The number of esters is 1. The first-order valence-electron chi connectivity index (χ1n) is 9.00. The summed E-state index contributed by atoms with van der Waals surface area (Å²) < 4.78 is 11.3. The van der Waals surface area contributed by atoms with Crippen LogP contribution in [0.1, 0.15) is 34.6 Å². The number of thioether (sulfide) groups is 1. The van der Waals surface area contributed by atoms with Gasteiger partial charge in [0.05, 0.1) is 18.6 Å². The van der Waals surface area contributed by atoms with Crippen LogP contribution < -0.4 is 0 Å². The average molecular weight is 416 g/mol. The van der Waals surface area contributed by atoms with Gasteiger partial charge in [-0.15, -0.1) is 0 Å². The Bertz CT molecular complexity index is 684. The van der Waals surface area contributed by atoms with E-state index in [-0.39, 0.29) is 53.0 Å². The molecule has 152 valence electrons. The second-order valence-corrected chi connectivity index (χ2v) is 14.5. The van der Waals surface area contributed by atoms with E-state index < -0.39 is 14.3 Å². The molecule has 0 unspecified atom stereocenters. The molecule has 0 aromatic heterocycles. The quantitative estimate of drug-likeness (QED) is 0.387. The summed E-state index contributed by atoms with van der Waals surface area (Å²) in [5.41, 5.74) is 0.0505. The zero-order valence-corrected chi connectivity index (χ0v) is 18.8. The van der Waals surface area contributed by atoms with E-state index in [0.29, 0.717) is 4.91 Å². The normalized spacial score (nSPS) is 23.9. The molecule has 0 spiro atoms. The standard InChI is InChI=1S/C18H29NO6SSi/c1-10(21)9-24-17(23)14-12(8-20)26-16-13(15(22)19(14)16)11(2)25-27(6,7)18(3,4)5/h11,13,16,20H,8-9H2,1-7H3/t11-,13+,16-/m1/s1. The predicted molar refractivity (Wildman–Crippen MR) is 105 cm³/mol. The van der Waals surface area contributed by atoms with Crippen molar-refractivity contribution >= 4 is 37.7 Å². The van der Waals surface area contributed by atoms with Crippen molar-refractivity contribution < 1.29 is 28.7 Å². The van der Waals surface area contributed by atoms with E-state index in [1.807, 2.05) is 6.92 Å². The number of aliphatic hydroxyl groups is 1. The van der Waals surface area contributed by atoms with Gasteiger partial charge >= 0.3 is 5.97 Å². The number of Topliss-reactive ketones (excluding diaryl/α,β-unsaturated/α-hetero) is 1. The number of β-lactam (4-membered cyclic amide) rings is 1. The zero-order valence-electron chi connectivity index (χ0n) is 17.0. The second-order valence-electron chi connectivity index (χ2n) is 8.53. The van der Waals surface area contributed by atoms with Gasteiger partial charge in [-0.2, -0.15) is 0 Å². The molecular weight excluding hydrogens is 386 g/mol. The second kappa shape index (κ2) is 7.69. The van der Waals surface area contributed by atoms with Crippen molar-refractivity contribution in [1.82, 2.24) is 4.90 Å². The Kier molecular flexibility index (Phi) is 6.30. The van der Waals surface area contributed by atoms with Crippen molar-refractivity contribution in [2.24, 2.45) is 5.92 Å². The zero-order chi connectivity index (χ0) is 20.7. The van der Waals surface area contributed by atoms with E-state index in [0.717, 1.165) is 0 Å². The molecule has 0 aliphatic carbocycles. The smallest absolute Gasteiger partial charge is 0.356 e. The maximum Gasteiger partial charge on any atom is 0.356 e. The molecule has 0 saturated carbocycles. The van der Waals surface area contributed by atoms with Gasteiger partial charge in [0, 0.05) is 4.91 Å². The Morgan fingerprint density at radius 3 is 2.41 bits per heavy atom. The van der Waals surface area contributed by atoms with Crippen LogP contribution in [0.4, 0.5) is 0 Å². The molecule has 9 heteroatoms. The van der Waals surface area contributed by atoms with Crippen LogP contribution in [0.3, 0.4) is 0 Å². The summed E-state index contributed by atoms with van der Waals surface area (Å²) in [7, 11) is -2.05. The fourth-order valence-electron chi connectivity index (χ4n) is 2.89. The molecule has 2 aliphatic heterocycles. The Hall–Kier alpha value is -1.16. The average Bonchev–Trinajstić information content (AvgIpc) is 2.85. The minimum absolute atomic E-state index is 0.0206. The highest BCUT2D eigenvalue weighted by atomic mass is 32.2. The topological polar surface area (TPSA) is 93.1 Å². The summed E-state index contributed by atoms with van der Waals surface area (Å²) in [5, 5.41) is 9.34. The first kappa shape index (κ1) is 22.1. The Morgan fingerprint density at radius 1 is 1.33 bits per heavy atom. The van der Waals surface area contributed by atoms with Crippen LogP contribution in [-0.2, 0) is 23.5 Å². The molecule has 27 heavy (non-hydrogen) atoms. The number of carbonyl (C=O) groups is 3. The number of amides is 1. The van der Waals surface area contributed by atoms with Crippen molar-refractivity contribution in [3.8, 4) is 0 Å². The Morgan fingerprint density at radius 2 is 1.93 bits per heavy atom. The first-order chi connectivity index (χ1) is 12.3. The number of ether oxygens (including phenoxy) is 1. The Labute approximate surface area is 165 Å². The summed E-state index contributed by atoms with van der Waals surface area (Å²) in [6.07, 6.45) is -0.292. The molecule has 1 saturated heterocycles. The van der Waals surface area contributed by atoms with E-state index in [4.69, 9.17) is 9.16 Å². The molecule has 0 bridgehead atoms. The third-order valence-electron chi connectivity index (χ3n) is 5.39. The number of fused-ring (bicyclic) bond motifs is 1. The van der Waals surface area contributed by atoms with Crippen LogP contribution >= 0.6 is 11.8 Å². The predicted octanol–water partition coefficient (Wildman–Crippen LogP) is 2.26. The van der Waals surface area contributed by atoms with Gasteiger partial charge in [0.15, 0.2) is 14.1 Å². The lowest BCUT2D eigenvalue weighted by Gasteiger charge is -2.48.